The number of aliphatic hydroxyl groups is 1. The van der Waals surface area contributed by atoms with Crippen molar-refractivity contribution in [1.82, 2.24) is 0 Å². The molecule has 2 unspecified atom stereocenters. The zero-order valence-electron chi connectivity index (χ0n) is 12.8. The number of esters is 1. The van der Waals surface area contributed by atoms with Crippen LogP contribution >= 0.6 is 0 Å². The number of carbonyl (C=O) groups excluding carboxylic acids is 1. The van der Waals surface area contributed by atoms with Gasteiger partial charge in [-0.2, -0.15) is 13.2 Å². The van der Waals surface area contributed by atoms with Crippen molar-refractivity contribution in [2.45, 2.75) is 69.8 Å². The molecule has 22 heavy (non-hydrogen) atoms. The van der Waals surface area contributed by atoms with E-state index in [0.29, 0.717) is 25.7 Å². The highest BCUT2D eigenvalue weighted by Gasteiger charge is 2.67. The van der Waals surface area contributed by atoms with Crippen molar-refractivity contribution in [3.05, 3.63) is 12.2 Å². The molecule has 0 heterocycles. The van der Waals surface area contributed by atoms with E-state index < -0.39 is 28.9 Å². The van der Waals surface area contributed by atoms with Gasteiger partial charge in [0.15, 0.2) is 0 Å². The minimum Gasteiger partial charge on any atom is -0.455 e. The molecule has 0 spiro atoms. The molecule has 0 aromatic heterocycles. The van der Waals surface area contributed by atoms with E-state index in [1.54, 1.807) is 0 Å². The summed E-state index contributed by atoms with van der Waals surface area (Å²) < 4.78 is 43.2. The topological polar surface area (TPSA) is 46.5 Å². The van der Waals surface area contributed by atoms with Gasteiger partial charge in [-0.05, 0) is 42.9 Å². The molecule has 4 bridgehead atoms. The SMILES string of the molecule is C=C(C(=O)OC12CC3(C)CC(C)(CC(O)(C3)C1)C2)C(F)(F)F. The maximum Gasteiger partial charge on any atom is 0.422 e. The molecule has 3 nitrogen and oxygen atoms in total. The summed E-state index contributed by atoms with van der Waals surface area (Å²) in [7, 11) is 0. The Balaban J connectivity index is 1.88. The predicted molar refractivity (Wildman–Crippen MR) is 72.9 cm³/mol. The van der Waals surface area contributed by atoms with Gasteiger partial charge in [0.2, 0.25) is 0 Å². The van der Waals surface area contributed by atoms with Gasteiger partial charge in [-0.25, -0.2) is 4.79 Å². The molecule has 1 N–H and O–H groups in total. The molecule has 0 amide bonds. The third kappa shape index (κ3) is 2.45. The lowest BCUT2D eigenvalue weighted by molar-refractivity contribution is -0.260. The van der Waals surface area contributed by atoms with Gasteiger partial charge in [0, 0.05) is 6.42 Å². The molecule has 4 fully saturated rings. The number of alkyl halides is 3. The number of rotatable bonds is 2. The molecule has 0 aromatic rings. The fraction of sp³-hybridized carbons (Fsp3) is 0.812. The zero-order chi connectivity index (χ0) is 16.6. The lowest BCUT2D eigenvalue weighted by atomic mass is 9.42. The number of ether oxygens (including phenoxy) is 1. The molecule has 0 aliphatic heterocycles. The molecule has 4 saturated carbocycles. The van der Waals surface area contributed by atoms with E-state index in [-0.39, 0.29) is 17.3 Å². The van der Waals surface area contributed by atoms with E-state index in [4.69, 9.17) is 4.74 Å². The van der Waals surface area contributed by atoms with Crippen molar-refractivity contribution in [2.75, 3.05) is 0 Å². The lowest BCUT2D eigenvalue weighted by Crippen LogP contribution is -2.66. The third-order valence-corrected chi connectivity index (χ3v) is 5.41. The van der Waals surface area contributed by atoms with Crippen LogP contribution in [0.4, 0.5) is 13.2 Å². The largest absolute Gasteiger partial charge is 0.455 e. The van der Waals surface area contributed by atoms with Crippen molar-refractivity contribution in [3.63, 3.8) is 0 Å². The van der Waals surface area contributed by atoms with E-state index in [1.165, 1.54) is 0 Å². The average Bonchev–Trinajstić information content (AvgIpc) is 2.18. The first-order valence-corrected chi connectivity index (χ1v) is 7.50. The Morgan fingerprint density at radius 1 is 1.05 bits per heavy atom. The van der Waals surface area contributed by atoms with Gasteiger partial charge in [-0.1, -0.05) is 20.4 Å². The van der Waals surface area contributed by atoms with Crippen LogP contribution in [0.25, 0.3) is 0 Å². The summed E-state index contributed by atoms with van der Waals surface area (Å²) in [5.41, 5.74) is -3.82. The van der Waals surface area contributed by atoms with E-state index in [2.05, 4.69) is 6.58 Å². The minimum atomic E-state index is -4.79. The normalized spacial score (nSPS) is 46.6. The monoisotopic (exact) mass is 318 g/mol. The Bertz CT molecular complexity index is 498. The van der Waals surface area contributed by atoms with Crippen LogP contribution < -0.4 is 0 Å². The Hall–Kier alpha value is -1.04. The molecule has 0 aromatic carbocycles. The summed E-state index contributed by atoms with van der Waals surface area (Å²) in [6.45, 7) is 6.86. The Labute approximate surface area is 127 Å². The standard InChI is InChI=1S/C16H21F3O3/c1-10(16(17,18)19)11(20)22-15-7-12(2)4-13(3,8-15)6-14(21,5-12)9-15/h21H,1,4-9H2,2-3H3. The second-order valence-electron chi connectivity index (χ2n) is 8.46. The van der Waals surface area contributed by atoms with Crippen molar-refractivity contribution >= 4 is 5.97 Å². The Morgan fingerprint density at radius 3 is 1.95 bits per heavy atom. The van der Waals surface area contributed by atoms with Crippen LogP contribution in [0, 0.1) is 10.8 Å². The maximum atomic E-state index is 12.6. The van der Waals surface area contributed by atoms with Gasteiger partial charge >= 0.3 is 12.1 Å². The van der Waals surface area contributed by atoms with Crippen molar-refractivity contribution < 1.29 is 27.8 Å². The zero-order valence-corrected chi connectivity index (χ0v) is 12.8. The summed E-state index contributed by atoms with van der Waals surface area (Å²) in [4.78, 5) is 11.9. The van der Waals surface area contributed by atoms with E-state index in [9.17, 15) is 23.1 Å². The number of halogens is 3. The van der Waals surface area contributed by atoms with Crippen LogP contribution in [0.5, 0.6) is 0 Å². The van der Waals surface area contributed by atoms with E-state index in [1.807, 2.05) is 13.8 Å². The fourth-order valence-electron chi connectivity index (χ4n) is 6.01. The van der Waals surface area contributed by atoms with Crippen LogP contribution in [0.3, 0.4) is 0 Å². The molecular formula is C16H21F3O3. The maximum absolute atomic E-state index is 12.6. The molecule has 4 rings (SSSR count). The second kappa shape index (κ2) is 4.08. The first-order valence-electron chi connectivity index (χ1n) is 7.50. The van der Waals surface area contributed by atoms with Gasteiger partial charge in [-0.3, -0.25) is 0 Å². The summed E-state index contributed by atoms with van der Waals surface area (Å²) >= 11 is 0. The van der Waals surface area contributed by atoms with Gasteiger partial charge in [0.05, 0.1) is 5.60 Å². The molecule has 0 radical (unpaired) electrons. The average molecular weight is 318 g/mol. The van der Waals surface area contributed by atoms with Crippen LogP contribution in [-0.4, -0.2) is 28.5 Å². The molecule has 6 heteroatoms. The molecule has 2 atom stereocenters. The minimum absolute atomic E-state index is 0.196. The second-order valence-corrected chi connectivity index (χ2v) is 8.46. The number of hydrogen-bond donors (Lipinski definition) is 1. The smallest absolute Gasteiger partial charge is 0.422 e. The van der Waals surface area contributed by atoms with Crippen molar-refractivity contribution in [1.29, 1.82) is 0 Å². The van der Waals surface area contributed by atoms with Crippen LogP contribution in [0.1, 0.15) is 52.4 Å². The van der Waals surface area contributed by atoms with Crippen LogP contribution in [-0.2, 0) is 9.53 Å². The highest BCUT2D eigenvalue weighted by Crippen LogP contribution is 2.68. The highest BCUT2D eigenvalue weighted by atomic mass is 19.4. The summed E-state index contributed by atoms with van der Waals surface area (Å²) in [6, 6.07) is 0. The van der Waals surface area contributed by atoms with Crippen molar-refractivity contribution in [2.24, 2.45) is 10.8 Å². The number of carbonyl (C=O) groups is 1. The predicted octanol–water partition coefficient (Wildman–Crippen LogP) is 3.51. The van der Waals surface area contributed by atoms with Gasteiger partial charge in [-0.15, -0.1) is 0 Å². The first kappa shape index (κ1) is 15.8. The van der Waals surface area contributed by atoms with E-state index >= 15 is 0 Å². The van der Waals surface area contributed by atoms with Crippen LogP contribution in [0.15, 0.2) is 12.2 Å². The lowest BCUT2D eigenvalue weighted by Gasteiger charge is -2.67. The van der Waals surface area contributed by atoms with Crippen molar-refractivity contribution in [3.8, 4) is 0 Å². The Morgan fingerprint density at radius 2 is 1.55 bits per heavy atom. The van der Waals surface area contributed by atoms with Gasteiger partial charge < -0.3 is 9.84 Å². The summed E-state index contributed by atoms with van der Waals surface area (Å²) in [5, 5.41) is 10.8. The summed E-state index contributed by atoms with van der Waals surface area (Å²) in [6.07, 6.45) is -1.40. The number of hydrogen-bond acceptors (Lipinski definition) is 3. The first-order chi connectivity index (χ1) is 9.78. The summed E-state index contributed by atoms with van der Waals surface area (Å²) in [5.74, 6) is -1.41. The molecule has 4 aliphatic carbocycles. The quantitative estimate of drug-likeness (QED) is 0.626. The van der Waals surface area contributed by atoms with Gasteiger partial charge in [0.1, 0.15) is 11.2 Å². The Kier molecular flexibility index (Phi) is 2.93. The molecule has 4 aliphatic rings. The molecule has 0 saturated heterocycles. The van der Waals surface area contributed by atoms with Gasteiger partial charge in [0.25, 0.3) is 0 Å². The fourth-order valence-corrected chi connectivity index (χ4v) is 6.01. The molecular weight excluding hydrogens is 297 g/mol. The van der Waals surface area contributed by atoms with Crippen LogP contribution in [0.2, 0.25) is 0 Å². The molecule has 124 valence electrons. The third-order valence-electron chi connectivity index (χ3n) is 5.41. The van der Waals surface area contributed by atoms with E-state index in [0.717, 1.165) is 6.42 Å². The highest BCUT2D eigenvalue weighted by molar-refractivity contribution is 5.89.